The van der Waals surface area contributed by atoms with E-state index in [-0.39, 0.29) is 6.04 Å². The Morgan fingerprint density at radius 1 is 1.39 bits per heavy atom. The first-order valence-corrected chi connectivity index (χ1v) is 7.08. The Balaban J connectivity index is 2.25. The third kappa shape index (κ3) is 2.55. The van der Waals surface area contributed by atoms with Gasteiger partial charge in [-0.15, -0.1) is 0 Å². The van der Waals surface area contributed by atoms with Crippen molar-refractivity contribution >= 4 is 21.8 Å². The molecule has 0 bridgehead atoms. The molecular weight excluding hydrogens is 304 g/mol. The van der Waals surface area contributed by atoms with Crippen LogP contribution in [0.1, 0.15) is 29.6 Å². The molecule has 1 amide bonds. The Hall–Kier alpha value is -0.970. The molecule has 18 heavy (non-hydrogen) atoms. The lowest BCUT2D eigenvalue weighted by atomic mass is 10.1. The summed E-state index contributed by atoms with van der Waals surface area (Å²) in [5.74, 6) is -2.11. The Labute approximate surface area is 113 Å². The Bertz CT molecular complexity index is 432. The highest BCUT2D eigenvalue weighted by molar-refractivity contribution is 9.09. The zero-order chi connectivity index (χ0) is 13.1. The van der Waals surface area contributed by atoms with Gasteiger partial charge in [0.1, 0.15) is 17.2 Å². The monoisotopic (exact) mass is 317 g/mol. The molecular formula is C13H14BrF2NO. The van der Waals surface area contributed by atoms with E-state index in [2.05, 4.69) is 15.9 Å². The van der Waals surface area contributed by atoms with E-state index in [0.29, 0.717) is 6.54 Å². The number of carbonyl (C=O) groups is 1. The van der Waals surface area contributed by atoms with Crippen LogP contribution in [0.25, 0.3) is 0 Å². The molecule has 1 fully saturated rings. The van der Waals surface area contributed by atoms with Gasteiger partial charge in [0.05, 0.1) is 0 Å². The van der Waals surface area contributed by atoms with E-state index in [1.807, 2.05) is 0 Å². The molecule has 0 aromatic heterocycles. The van der Waals surface area contributed by atoms with Gasteiger partial charge >= 0.3 is 0 Å². The SMILES string of the molecule is O=C(c1c(F)cccc1F)N1CCCC1CCBr. The summed E-state index contributed by atoms with van der Waals surface area (Å²) in [6, 6.07) is 3.58. The third-order valence-corrected chi connectivity index (χ3v) is 3.71. The third-order valence-electron chi connectivity index (χ3n) is 3.26. The molecule has 1 aromatic rings. The van der Waals surface area contributed by atoms with Crippen LogP contribution in [0, 0.1) is 11.6 Å². The number of amides is 1. The van der Waals surface area contributed by atoms with Crippen molar-refractivity contribution in [3.63, 3.8) is 0 Å². The average molecular weight is 318 g/mol. The van der Waals surface area contributed by atoms with Crippen LogP contribution in [0.5, 0.6) is 0 Å². The van der Waals surface area contributed by atoms with Gasteiger partial charge in [0.15, 0.2) is 0 Å². The minimum Gasteiger partial charge on any atom is -0.335 e. The minimum absolute atomic E-state index is 0.0795. The minimum atomic E-state index is -0.788. The smallest absolute Gasteiger partial charge is 0.260 e. The predicted octanol–water partition coefficient (Wildman–Crippen LogP) is 3.35. The standard InChI is InChI=1S/C13H14BrF2NO/c14-7-6-9-3-2-8-17(9)13(18)12-10(15)4-1-5-11(12)16/h1,4-5,9H,2-3,6-8H2. The molecule has 2 nitrogen and oxygen atoms in total. The molecule has 1 atom stereocenters. The van der Waals surface area contributed by atoms with Gasteiger partial charge in [-0.1, -0.05) is 22.0 Å². The largest absolute Gasteiger partial charge is 0.335 e. The summed E-state index contributed by atoms with van der Waals surface area (Å²) in [7, 11) is 0. The normalized spacial score (nSPS) is 19.3. The fourth-order valence-corrected chi connectivity index (χ4v) is 2.90. The van der Waals surface area contributed by atoms with Gasteiger partial charge in [-0.25, -0.2) is 8.78 Å². The van der Waals surface area contributed by atoms with E-state index >= 15 is 0 Å². The van der Waals surface area contributed by atoms with E-state index in [0.717, 1.165) is 36.7 Å². The molecule has 1 aliphatic heterocycles. The number of carbonyl (C=O) groups excluding carboxylic acids is 1. The molecule has 1 aliphatic rings. The summed E-state index contributed by atoms with van der Waals surface area (Å²) in [5, 5.41) is 0.779. The van der Waals surface area contributed by atoms with Crippen LogP contribution in [0.2, 0.25) is 0 Å². The van der Waals surface area contributed by atoms with Crippen LogP contribution in [0.4, 0.5) is 8.78 Å². The molecule has 0 N–H and O–H groups in total. The maximum atomic E-state index is 13.6. The molecule has 0 aliphatic carbocycles. The number of hydrogen-bond acceptors (Lipinski definition) is 1. The van der Waals surface area contributed by atoms with E-state index in [4.69, 9.17) is 0 Å². The Morgan fingerprint density at radius 3 is 2.67 bits per heavy atom. The van der Waals surface area contributed by atoms with Gasteiger partial charge in [-0.05, 0) is 31.4 Å². The maximum absolute atomic E-state index is 13.6. The van der Waals surface area contributed by atoms with Crippen LogP contribution in [0.3, 0.4) is 0 Å². The van der Waals surface area contributed by atoms with E-state index in [1.165, 1.54) is 6.07 Å². The van der Waals surface area contributed by atoms with Gasteiger partial charge in [-0.3, -0.25) is 4.79 Å². The fraction of sp³-hybridized carbons (Fsp3) is 0.462. The summed E-state index contributed by atoms with van der Waals surface area (Å²) in [5.41, 5.74) is -0.432. The number of alkyl halides is 1. The van der Waals surface area contributed by atoms with Crippen molar-refractivity contribution in [2.24, 2.45) is 0 Å². The maximum Gasteiger partial charge on any atom is 0.260 e. The van der Waals surface area contributed by atoms with Gasteiger partial charge in [0.2, 0.25) is 0 Å². The number of rotatable bonds is 3. The average Bonchev–Trinajstić information content (AvgIpc) is 2.77. The van der Waals surface area contributed by atoms with Crippen LogP contribution in [0.15, 0.2) is 18.2 Å². The second-order valence-electron chi connectivity index (χ2n) is 4.37. The first kappa shape index (κ1) is 13.5. The van der Waals surface area contributed by atoms with Crippen molar-refractivity contribution in [3.8, 4) is 0 Å². The number of hydrogen-bond donors (Lipinski definition) is 0. The molecule has 5 heteroatoms. The molecule has 1 heterocycles. The number of nitrogens with zero attached hydrogens (tertiary/aromatic N) is 1. The zero-order valence-corrected chi connectivity index (χ0v) is 11.4. The van der Waals surface area contributed by atoms with Gasteiger partial charge in [-0.2, -0.15) is 0 Å². The first-order valence-electron chi connectivity index (χ1n) is 5.96. The fourth-order valence-electron chi connectivity index (χ4n) is 2.37. The van der Waals surface area contributed by atoms with Crippen molar-refractivity contribution < 1.29 is 13.6 Å². The lowest BCUT2D eigenvalue weighted by Gasteiger charge is -2.24. The molecule has 98 valence electrons. The van der Waals surface area contributed by atoms with E-state index < -0.39 is 23.1 Å². The molecule has 2 rings (SSSR count). The lowest BCUT2D eigenvalue weighted by Crippen LogP contribution is -2.36. The highest BCUT2D eigenvalue weighted by Crippen LogP contribution is 2.25. The van der Waals surface area contributed by atoms with Gasteiger partial charge in [0, 0.05) is 17.9 Å². The number of benzene rings is 1. The lowest BCUT2D eigenvalue weighted by molar-refractivity contribution is 0.0725. The molecule has 1 unspecified atom stereocenters. The summed E-state index contributed by atoms with van der Waals surface area (Å²) in [4.78, 5) is 13.8. The first-order chi connectivity index (χ1) is 8.65. The Morgan fingerprint density at radius 2 is 2.06 bits per heavy atom. The van der Waals surface area contributed by atoms with Crippen molar-refractivity contribution in [2.45, 2.75) is 25.3 Å². The zero-order valence-electron chi connectivity index (χ0n) is 9.83. The second-order valence-corrected chi connectivity index (χ2v) is 5.16. The van der Waals surface area contributed by atoms with E-state index in [9.17, 15) is 13.6 Å². The Kier molecular flexibility index (Phi) is 4.32. The summed E-state index contributed by atoms with van der Waals surface area (Å²) >= 11 is 3.34. The van der Waals surface area contributed by atoms with Crippen molar-refractivity contribution in [2.75, 3.05) is 11.9 Å². The molecule has 0 radical (unpaired) electrons. The van der Waals surface area contributed by atoms with E-state index in [1.54, 1.807) is 4.90 Å². The van der Waals surface area contributed by atoms with Crippen LogP contribution < -0.4 is 0 Å². The van der Waals surface area contributed by atoms with Crippen molar-refractivity contribution in [3.05, 3.63) is 35.4 Å². The summed E-state index contributed by atoms with van der Waals surface area (Å²) in [6.07, 6.45) is 2.59. The second kappa shape index (κ2) is 5.78. The van der Waals surface area contributed by atoms with Gasteiger partial charge < -0.3 is 4.90 Å². The highest BCUT2D eigenvalue weighted by Gasteiger charge is 2.31. The predicted molar refractivity (Wildman–Crippen MR) is 68.8 cm³/mol. The van der Waals surface area contributed by atoms with Crippen LogP contribution >= 0.6 is 15.9 Å². The number of likely N-dealkylation sites (tertiary alicyclic amines) is 1. The molecule has 0 spiro atoms. The van der Waals surface area contributed by atoms with Crippen LogP contribution in [-0.4, -0.2) is 28.7 Å². The topological polar surface area (TPSA) is 20.3 Å². The van der Waals surface area contributed by atoms with Gasteiger partial charge in [0.25, 0.3) is 5.91 Å². The summed E-state index contributed by atoms with van der Waals surface area (Å²) in [6.45, 7) is 0.574. The van der Waals surface area contributed by atoms with Crippen molar-refractivity contribution in [1.82, 2.24) is 4.90 Å². The quantitative estimate of drug-likeness (QED) is 0.783. The molecule has 0 saturated carbocycles. The van der Waals surface area contributed by atoms with Crippen LogP contribution in [-0.2, 0) is 0 Å². The van der Waals surface area contributed by atoms with Crippen molar-refractivity contribution in [1.29, 1.82) is 0 Å². The molecule has 1 aromatic carbocycles. The summed E-state index contributed by atoms with van der Waals surface area (Å²) < 4.78 is 27.1. The highest BCUT2D eigenvalue weighted by atomic mass is 79.9. The molecule has 1 saturated heterocycles. The number of halogens is 3.